The number of hydrogen-bond donors (Lipinski definition) is 1. The maximum Gasteiger partial charge on any atom is 0.275 e. The molecule has 2 amide bonds. The van der Waals surface area contributed by atoms with E-state index in [9.17, 15) is 14.4 Å². The lowest BCUT2D eigenvalue weighted by Gasteiger charge is -2.23. The number of rotatable bonds is 7. The van der Waals surface area contributed by atoms with Crippen LogP contribution in [0, 0.1) is 0 Å². The zero-order chi connectivity index (χ0) is 20.8. The minimum absolute atomic E-state index is 0.172. The number of unbranched alkanes of at least 4 members (excludes halogenated alkanes) is 1. The van der Waals surface area contributed by atoms with Crippen LogP contribution in [0.4, 0.5) is 5.69 Å². The van der Waals surface area contributed by atoms with Gasteiger partial charge in [0, 0.05) is 24.1 Å². The summed E-state index contributed by atoms with van der Waals surface area (Å²) >= 11 is 1.51. The Morgan fingerprint density at radius 3 is 2.69 bits per heavy atom. The molecule has 154 valence electrons. The lowest BCUT2D eigenvalue weighted by Crippen LogP contribution is -2.45. The molecule has 0 aliphatic carbocycles. The average molecular weight is 417 g/mol. The fourth-order valence-electron chi connectivity index (χ4n) is 2.94. The van der Waals surface area contributed by atoms with Crippen LogP contribution in [0.25, 0.3) is 0 Å². The number of aromatic nitrogens is 2. The van der Waals surface area contributed by atoms with Gasteiger partial charge in [0.05, 0.1) is 13.0 Å². The molecule has 0 radical (unpaired) electrons. The molecule has 1 aromatic heterocycles. The van der Waals surface area contributed by atoms with E-state index in [0.29, 0.717) is 29.6 Å². The minimum atomic E-state index is -0.604. The maximum atomic E-state index is 13.0. The SMILES string of the molecule is CCCCn1nc(C(=O)N2CSCC2C(=O)Nc2ccc(OC)cc2)ccc1=O. The molecule has 3 rings (SSSR count). The van der Waals surface area contributed by atoms with Gasteiger partial charge in [0.25, 0.3) is 11.5 Å². The quantitative estimate of drug-likeness (QED) is 0.744. The number of benzene rings is 1. The van der Waals surface area contributed by atoms with Crippen molar-refractivity contribution < 1.29 is 14.3 Å². The second-order valence-electron chi connectivity index (χ2n) is 6.64. The van der Waals surface area contributed by atoms with Crippen LogP contribution in [0.2, 0.25) is 0 Å². The van der Waals surface area contributed by atoms with Gasteiger partial charge in [-0.25, -0.2) is 4.68 Å². The minimum Gasteiger partial charge on any atom is -0.497 e. The molecule has 2 aromatic rings. The molecule has 2 heterocycles. The molecule has 9 heteroatoms. The molecule has 1 N–H and O–H groups in total. The summed E-state index contributed by atoms with van der Waals surface area (Å²) in [5.41, 5.74) is 0.566. The monoisotopic (exact) mass is 416 g/mol. The first-order chi connectivity index (χ1) is 14.0. The summed E-state index contributed by atoms with van der Waals surface area (Å²) in [5.74, 6) is 0.988. The zero-order valence-corrected chi connectivity index (χ0v) is 17.3. The first-order valence-electron chi connectivity index (χ1n) is 9.45. The highest BCUT2D eigenvalue weighted by Gasteiger charge is 2.36. The van der Waals surface area contributed by atoms with Crippen LogP contribution in [0.1, 0.15) is 30.3 Å². The third-order valence-electron chi connectivity index (χ3n) is 4.61. The number of thioether (sulfide) groups is 1. The molecule has 1 aliphatic heterocycles. The van der Waals surface area contributed by atoms with Gasteiger partial charge in [-0.15, -0.1) is 11.8 Å². The van der Waals surface area contributed by atoms with Crippen molar-refractivity contribution in [2.24, 2.45) is 0 Å². The van der Waals surface area contributed by atoms with Crippen molar-refractivity contribution in [2.75, 3.05) is 24.1 Å². The van der Waals surface area contributed by atoms with E-state index >= 15 is 0 Å². The zero-order valence-electron chi connectivity index (χ0n) is 16.5. The molecule has 0 saturated carbocycles. The fourth-order valence-corrected chi connectivity index (χ4v) is 4.09. The number of ether oxygens (including phenoxy) is 1. The summed E-state index contributed by atoms with van der Waals surface area (Å²) in [6.07, 6.45) is 1.72. The summed E-state index contributed by atoms with van der Waals surface area (Å²) in [5, 5.41) is 7.05. The van der Waals surface area contributed by atoms with E-state index in [-0.39, 0.29) is 23.1 Å². The van der Waals surface area contributed by atoms with Crippen LogP contribution in [0.5, 0.6) is 5.75 Å². The molecule has 8 nitrogen and oxygen atoms in total. The average Bonchev–Trinajstić information content (AvgIpc) is 3.23. The Kier molecular flexibility index (Phi) is 6.92. The fraction of sp³-hybridized carbons (Fsp3) is 0.400. The molecule has 0 spiro atoms. The summed E-state index contributed by atoms with van der Waals surface area (Å²) < 4.78 is 6.43. The van der Waals surface area contributed by atoms with Crippen molar-refractivity contribution in [1.29, 1.82) is 0 Å². The molecular weight excluding hydrogens is 392 g/mol. The van der Waals surface area contributed by atoms with Crippen LogP contribution in [-0.4, -0.2) is 51.3 Å². The Morgan fingerprint density at radius 1 is 1.24 bits per heavy atom. The van der Waals surface area contributed by atoms with Gasteiger partial charge in [0.15, 0.2) is 0 Å². The van der Waals surface area contributed by atoms with Crippen LogP contribution < -0.4 is 15.6 Å². The number of nitrogens with zero attached hydrogens (tertiary/aromatic N) is 3. The first-order valence-corrected chi connectivity index (χ1v) is 10.6. The van der Waals surface area contributed by atoms with Gasteiger partial charge in [-0.3, -0.25) is 14.4 Å². The lowest BCUT2D eigenvalue weighted by atomic mass is 10.2. The Bertz CT molecular complexity index is 929. The molecule has 1 aromatic carbocycles. The van der Waals surface area contributed by atoms with Gasteiger partial charge in [-0.2, -0.15) is 5.10 Å². The van der Waals surface area contributed by atoms with E-state index in [0.717, 1.165) is 12.8 Å². The third-order valence-corrected chi connectivity index (χ3v) is 5.62. The Morgan fingerprint density at radius 2 is 2.00 bits per heavy atom. The van der Waals surface area contributed by atoms with E-state index in [2.05, 4.69) is 10.4 Å². The number of methoxy groups -OCH3 is 1. The smallest absolute Gasteiger partial charge is 0.275 e. The van der Waals surface area contributed by atoms with Crippen molar-refractivity contribution in [2.45, 2.75) is 32.4 Å². The van der Waals surface area contributed by atoms with E-state index in [1.165, 1.54) is 33.5 Å². The van der Waals surface area contributed by atoms with E-state index in [1.54, 1.807) is 31.4 Å². The number of carbonyl (C=O) groups is 2. The maximum absolute atomic E-state index is 13.0. The number of anilines is 1. The summed E-state index contributed by atoms with van der Waals surface area (Å²) in [7, 11) is 1.58. The molecule has 1 unspecified atom stereocenters. The van der Waals surface area contributed by atoms with Crippen molar-refractivity contribution in [1.82, 2.24) is 14.7 Å². The van der Waals surface area contributed by atoms with Gasteiger partial charge >= 0.3 is 0 Å². The van der Waals surface area contributed by atoms with Crippen molar-refractivity contribution in [3.8, 4) is 5.75 Å². The summed E-state index contributed by atoms with van der Waals surface area (Å²) in [4.78, 5) is 39.2. The van der Waals surface area contributed by atoms with Crippen LogP contribution >= 0.6 is 11.8 Å². The van der Waals surface area contributed by atoms with Gasteiger partial charge in [0.1, 0.15) is 17.5 Å². The number of amides is 2. The number of nitrogens with one attached hydrogen (secondary N) is 1. The molecule has 1 fully saturated rings. The lowest BCUT2D eigenvalue weighted by molar-refractivity contribution is -0.119. The normalized spacial score (nSPS) is 15.9. The van der Waals surface area contributed by atoms with Gasteiger partial charge in [-0.05, 0) is 36.8 Å². The topological polar surface area (TPSA) is 93.5 Å². The Balaban J connectivity index is 1.73. The number of carbonyl (C=O) groups excluding carboxylic acids is 2. The predicted molar refractivity (Wildman–Crippen MR) is 112 cm³/mol. The Labute approximate surface area is 173 Å². The van der Waals surface area contributed by atoms with E-state index < -0.39 is 6.04 Å². The van der Waals surface area contributed by atoms with Gasteiger partial charge < -0.3 is 15.0 Å². The summed E-state index contributed by atoms with van der Waals surface area (Å²) in [6.45, 7) is 2.49. The van der Waals surface area contributed by atoms with Gasteiger partial charge in [-0.1, -0.05) is 13.3 Å². The second-order valence-corrected chi connectivity index (χ2v) is 7.64. The highest BCUT2D eigenvalue weighted by molar-refractivity contribution is 7.99. The number of aryl methyl sites for hydroxylation is 1. The third kappa shape index (κ3) is 4.97. The molecule has 1 aliphatic rings. The molecule has 29 heavy (non-hydrogen) atoms. The standard InChI is InChI=1S/C20H24N4O4S/c1-3-4-11-24-18(25)10-9-16(22-24)20(27)23-13-29-12-17(23)19(26)21-14-5-7-15(28-2)8-6-14/h5-10,17H,3-4,11-13H2,1-2H3,(H,21,26). The molecule has 1 atom stereocenters. The van der Waals surface area contributed by atoms with Crippen LogP contribution in [0.15, 0.2) is 41.2 Å². The first kappa shape index (κ1) is 20.9. The Hall–Kier alpha value is -2.81. The predicted octanol–water partition coefficient (Wildman–Crippen LogP) is 2.21. The molecular formula is C20H24N4O4S. The van der Waals surface area contributed by atoms with Crippen molar-refractivity contribution >= 4 is 29.3 Å². The van der Waals surface area contributed by atoms with Crippen LogP contribution in [0.3, 0.4) is 0 Å². The van der Waals surface area contributed by atoms with Crippen molar-refractivity contribution in [3.05, 3.63) is 52.4 Å². The highest BCUT2D eigenvalue weighted by atomic mass is 32.2. The highest BCUT2D eigenvalue weighted by Crippen LogP contribution is 2.24. The molecule has 0 bridgehead atoms. The van der Waals surface area contributed by atoms with E-state index in [1.807, 2.05) is 6.92 Å². The van der Waals surface area contributed by atoms with Gasteiger partial charge in [0.2, 0.25) is 5.91 Å². The molecule has 1 saturated heterocycles. The second kappa shape index (κ2) is 9.60. The number of hydrogen-bond acceptors (Lipinski definition) is 6. The van der Waals surface area contributed by atoms with Crippen LogP contribution in [-0.2, 0) is 11.3 Å². The van der Waals surface area contributed by atoms with Crippen molar-refractivity contribution in [3.63, 3.8) is 0 Å². The van der Waals surface area contributed by atoms with E-state index in [4.69, 9.17) is 4.74 Å². The largest absolute Gasteiger partial charge is 0.497 e. The summed E-state index contributed by atoms with van der Waals surface area (Å²) in [6, 6.07) is 9.18.